The Morgan fingerprint density at radius 1 is 1.18 bits per heavy atom. The van der Waals surface area contributed by atoms with Gasteiger partial charge in [0.2, 0.25) is 10.0 Å². The highest BCUT2D eigenvalue weighted by Crippen LogP contribution is 2.40. The molecule has 1 heterocycles. The van der Waals surface area contributed by atoms with Gasteiger partial charge in [0.15, 0.2) is 5.78 Å². The van der Waals surface area contributed by atoms with E-state index in [1.807, 2.05) is 0 Å². The Morgan fingerprint density at radius 2 is 1.90 bits per heavy atom. The number of aryl methyl sites for hydroxylation is 1. The van der Waals surface area contributed by atoms with Crippen molar-refractivity contribution in [3.63, 3.8) is 0 Å². The summed E-state index contributed by atoms with van der Waals surface area (Å²) in [6, 6.07) is 3.94. The number of nitrogens with zero attached hydrogens (tertiary/aromatic N) is 1. The standard InChI is InChI=1S/C30H25F3N2O4S/c1-4-6-21-17(3)26-25(14-24(21)33)35(15-18-13-19(31)9-12-23(18)32)28(30(37)34-40(38,39)20-10-11-20)27(26)22-8-5-7-16(2)29(22)36/h4-9,12-14,20H,2,10-11,15H2,1,3H3,(H,34,37)/b6-4-. The summed E-state index contributed by atoms with van der Waals surface area (Å²) in [4.78, 5) is 27.1. The number of amides is 1. The van der Waals surface area contributed by atoms with Crippen LogP contribution in [0.15, 0.2) is 60.7 Å². The first-order valence-electron chi connectivity index (χ1n) is 12.5. The summed E-state index contributed by atoms with van der Waals surface area (Å²) < 4.78 is 73.3. The second-order valence-electron chi connectivity index (χ2n) is 9.81. The normalized spacial score (nSPS) is 15.8. The number of benzene rings is 2. The highest BCUT2D eigenvalue weighted by atomic mass is 32.2. The number of hydrogen-bond donors (Lipinski definition) is 1. The highest BCUT2D eigenvalue weighted by Gasteiger charge is 2.39. The van der Waals surface area contributed by atoms with Crippen LogP contribution < -0.4 is 4.72 Å². The Labute approximate surface area is 229 Å². The number of Topliss-reactive ketones (excluding diaryl/α,β-unsaturated/α-hetero) is 1. The fraction of sp³-hybridized carbons (Fsp3) is 0.200. The van der Waals surface area contributed by atoms with Gasteiger partial charge in [0.25, 0.3) is 5.91 Å². The third kappa shape index (κ3) is 4.72. The number of nitrogens with one attached hydrogen (secondary N) is 1. The minimum Gasteiger partial charge on any atom is -0.331 e. The van der Waals surface area contributed by atoms with Crippen LogP contribution in [0.3, 0.4) is 0 Å². The van der Waals surface area contributed by atoms with Gasteiger partial charge in [-0.15, -0.1) is 0 Å². The monoisotopic (exact) mass is 566 g/mol. The smallest absolute Gasteiger partial charge is 0.282 e. The summed E-state index contributed by atoms with van der Waals surface area (Å²) in [5.74, 6) is -3.77. The van der Waals surface area contributed by atoms with Crippen LogP contribution in [-0.4, -0.2) is 29.9 Å². The third-order valence-corrected chi connectivity index (χ3v) is 8.87. The number of aromatic nitrogens is 1. The molecule has 1 fully saturated rings. The lowest BCUT2D eigenvalue weighted by Gasteiger charge is -2.15. The molecule has 6 nitrogen and oxygen atoms in total. The molecule has 1 saturated carbocycles. The molecule has 1 N–H and O–H groups in total. The van der Waals surface area contributed by atoms with Gasteiger partial charge < -0.3 is 4.57 Å². The molecular weight excluding hydrogens is 541 g/mol. The lowest BCUT2D eigenvalue weighted by atomic mass is 9.89. The highest BCUT2D eigenvalue weighted by molar-refractivity contribution is 7.91. The van der Waals surface area contributed by atoms with E-state index in [0.29, 0.717) is 23.8 Å². The van der Waals surface area contributed by atoms with Gasteiger partial charge in [-0.25, -0.2) is 26.3 Å². The molecule has 5 rings (SSSR count). The Kier molecular flexibility index (Phi) is 6.91. The molecule has 206 valence electrons. The molecule has 0 saturated heterocycles. The van der Waals surface area contributed by atoms with Crippen LogP contribution in [0.4, 0.5) is 13.2 Å². The van der Waals surface area contributed by atoms with E-state index in [-0.39, 0.29) is 39.0 Å². The average molecular weight is 567 g/mol. The fourth-order valence-corrected chi connectivity index (χ4v) is 6.25. The molecule has 40 heavy (non-hydrogen) atoms. The molecule has 0 unspecified atom stereocenters. The molecule has 1 aromatic heterocycles. The second-order valence-corrected chi connectivity index (χ2v) is 11.8. The van der Waals surface area contributed by atoms with Crippen LogP contribution in [0.1, 0.15) is 52.5 Å². The quantitative estimate of drug-likeness (QED) is 0.369. The molecule has 3 aromatic rings. The first-order chi connectivity index (χ1) is 18.9. The van der Waals surface area contributed by atoms with E-state index in [4.69, 9.17) is 0 Å². The van der Waals surface area contributed by atoms with Crippen LogP contribution in [0, 0.1) is 24.4 Å². The first-order valence-corrected chi connectivity index (χ1v) is 14.1. The summed E-state index contributed by atoms with van der Waals surface area (Å²) in [5.41, 5.74) is 0.414. The maximum Gasteiger partial charge on any atom is 0.282 e. The molecule has 10 heteroatoms. The van der Waals surface area contributed by atoms with Crippen molar-refractivity contribution in [3.8, 4) is 0 Å². The first kappa shape index (κ1) is 27.4. The van der Waals surface area contributed by atoms with E-state index < -0.39 is 51.0 Å². The third-order valence-electron chi connectivity index (χ3n) is 7.05. The van der Waals surface area contributed by atoms with E-state index in [0.717, 1.165) is 24.3 Å². The number of halogens is 3. The van der Waals surface area contributed by atoms with Gasteiger partial charge in [0.1, 0.15) is 23.1 Å². The molecular formula is C30H25F3N2O4S. The van der Waals surface area contributed by atoms with Crippen LogP contribution in [-0.2, 0) is 21.4 Å². The van der Waals surface area contributed by atoms with E-state index in [9.17, 15) is 26.8 Å². The van der Waals surface area contributed by atoms with E-state index in [2.05, 4.69) is 11.3 Å². The zero-order valence-electron chi connectivity index (χ0n) is 21.7. The Balaban J connectivity index is 1.90. The van der Waals surface area contributed by atoms with Gasteiger partial charge in [0, 0.05) is 33.2 Å². The molecule has 1 amide bonds. The lowest BCUT2D eigenvalue weighted by molar-refractivity contribution is -0.110. The molecule has 2 aliphatic carbocycles. The van der Waals surface area contributed by atoms with Crippen LogP contribution in [0.5, 0.6) is 0 Å². The number of carbonyl (C=O) groups excluding carboxylic acids is 2. The predicted molar refractivity (Wildman–Crippen MR) is 147 cm³/mol. The van der Waals surface area contributed by atoms with E-state index in [1.165, 1.54) is 22.8 Å². The minimum absolute atomic E-state index is 0.0334. The number of allylic oxidation sites excluding steroid dienone is 6. The van der Waals surface area contributed by atoms with Gasteiger partial charge in [-0.05, 0) is 56.5 Å². The molecule has 0 spiro atoms. The molecule has 0 radical (unpaired) electrons. The van der Waals surface area contributed by atoms with Crippen molar-refractivity contribution in [3.05, 3.63) is 106 Å². The largest absolute Gasteiger partial charge is 0.331 e. The average Bonchev–Trinajstić information content (AvgIpc) is 3.70. The Morgan fingerprint density at radius 3 is 2.58 bits per heavy atom. The van der Waals surface area contributed by atoms with E-state index >= 15 is 4.39 Å². The fourth-order valence-electron chi connectivity index (χ4n) is 4.97. The number of fused-ring (bicyclic) bond motifs is 1. The maximum absolute atomic E-state index is 15.4. The van der Waals surface area contributed by atoms with Crippen molar-refractivity contribution in [2.45, 2.75) is 38.5 Å². The molecule has 0 bridgehead atoms. The lowest BCUT2D eigenvalue weighted by Crippen LogP contribution is -2.35. The van der Waals surface area contributed by atoms with Crippen molar-refractivity contribution >= 4 is 44.3 Å². The Bertz CT molecular complexity index is 1830. The van der Waals surface area contributed by atoms with Crippen LogP contribution in [0.25, 0.3) is 22.6 Å². The number of carbonyl (C=O) groups is 2. The van der Waals surface area contributed by atoms with E-state index in [1.54, 1.807) is 26.0 Å². The SMILES string of the molecule is C=C1C=CC=C(c2c(C(=O)NS(=O)(=O)C3CC3)n(Cc3cc(F)ccc3F)c3cc(F)c(/C=C\C)c(C)c23)C1=O. The number of ketones is 1. The molecule has 2 aliphatic rings. The summed E-state index contributed by atoms with van der Waals surface area (Å²) >= 11 is 0. The van der Waals surface area contributed by atoms with Gasteiger partial charge in [-0.3, -0.25) is 9.59 Å². The van der Waals surface area contributed by atoms with Gasteiger partial charge >= 0.3 is 0 Å². The second kappa shape index (κ2) is 10.1. The number of hydrogen-bond acceptors (Lipinski definition) is 4. The summed E-state index contributed by atoms with van der Waals surface area (Å²) in [6.45, 7) is 6.61. The van der Waals surface area contributed by atoms with Crippen LogP contribution >= 0.6 is 0 Å². The number of sulfonamides is 1. The molecule has 2 aromatic carbocycles. The summed E-state index contributed by atoms with van der Waals surface area (Å²) in [7, 11) is -4.05. The number of rotatable bonds is 7. The minimum atomic E-state index is -4.05. The van der Waals surface area contributed by atoms with Crippen LogP contribution in [0.2, 0.25) is 0 Å². The zero-order chi connectivity index (χ0) is 28.9. The van der Waals surface area contributed by atoms with Gasteiger partial charge in [-0.1, -0.05) is 37.0 Å². The summed E-state index contributed by atoms with van der Waals surface area (Å²) in [5, 5.41) is -0.444. The predicted octanol–water partition coefficient (Wildman–Crippen LogP) is 5.75. The van der Waals surface area contributed by atoms with Crippen molar-refractivity contribution in [2.75, 3.05) is 0 Å². The van der Waals surface area contributed by atoms with Gasteiger partial charge in [-0.2, -0.15) is 0 Å². The Hall–Kier alpha value is -4.18. The maximum atomic E-state index is 15.4. The van der Waals surface area contributed by atoms with Gasteiger partial charge in [0.05, 0.1) is 17.3 Å². The van der Waals surface area contributed by atoms with Crippen molar-refractivity contribution in [1.29, 1.82) is 0 Å². The molecule has 0 atom stereocenters. The zero-order valence-corrected chi connectivity index (χ0v) is 22.5. The van der Waals surface area contributed by atoms with Crippen molar-refractivity contribution in [2.24, 2.45) is 0 Å². The van der Waals surface area contributed by atoms with Crippen molar-refractivity contribution in [1.82, 2.24) is 9.29 Å². The topological polar surface area (TPSA) is 85.2 Å². The molecule has 0 aliphatic heterocycles. The summed E-state index contributed by atoms with van der Waals surface area (Å²) in [6.07, 6.45) is 8.44. The van der Waals surface area contributed by atoms with Crippen molar-refractivity contribution < 1.29 is 31.2 Å².